The molecule has 31 heavy (non-hydrogen) atoms. The molecule has 1 aliphatic carbocycles. The number of carbonyl (C=O) groups excluding carboxylic acids is 1. The second-order valence-electron chi connectivity index (χ2n) is 9.25. The van der Waals surface area contributed by atoms with Gasteiger partial charge in [0.15, 0.2) is 0 Å². The molecule has 2 atom stereocenters. The molecule has 2 fully saturated rings. The summed E-state index contributed by atoms with van der Waals surface area (Å²) in [5.74, 6) is -0.922. The zero-order chi connectivity index (χ0) is 23.0. The Hall–Kier alpha value is -2.61. The van der Waals surface area contributed by atoms with Gasteiger partial charge in [-0.15, -0.1) is 0 Å². The number of carbonyl (C=O) groups is 3. The number of rotatable bonds is 6. The van der Waals surface area contributed by atoms with Crippen LogP contribution in [0.15, 0.2) is 24.3 Å². The van der Waals surface area contributed by atoms with Crippen LogP contribution in [0.25, 0.3) is 0 Å². The summed E-state index contributed by atoms with van der Waals surface area (Å²) >= 11 is 0. The molecule has 1 amide bonds. The summed E-state index contributed by atoms with van der Waals surface area (Å²) in [6.45, 7) is 10.4. The van der Waals surface area contributed by atoms with Crippen LogP contribution in [-0.4, -0.2) is 64.7 Å². The van der Waals surface area contributed by atoms with Crippen LogP contribution in [0.2, 0.25) is 0 Å². The van der Waals surface area contributed by atoms with E-state index in [1.54, 1.807) is 0 Å². The van der Waals surface area contributed by atoms with Gasteiger partial charge in [-0.2, -0.15) is 0 Å². The Morgan fingerprint density at radius 3 is 2.06 bits per heavy atom. The number of carboxylic acid groups (broad SMARTS) is 2. The Balaban J connectivity index is 0.000000501. The zero-order valence-electron chi connectivity index (χ0n) is 18.6. The van der Waals surface area contributed by atoms with Crippen molar-refractivity contribution >= 4 is 17.8 Å². The molecule has 1 heterocycles. The van der Waals surface area contributed by atoms with Crippen LogP contribution in [0.5, 0.6) is 5.75 Å². The molecule has 1 saturated carbocycles. The fourth-order valence-electron chi connectivity index (χ4n) is 4.11. The number of aliphatic carboxylic acids is 2. The second-order valence-corrected chi connectivity index (χ2v) is 9.25. The van der Waals surface area contributed by atoms with E-state index in [9.17, 15) is 4.79 Å². The Morgan fingerprint density at radius 1 is 1.03 bits per heavy atom. The molecule has 3 N–H and O–H groups in total. The van der Waals surface area contributed by atoms with E-state index in [1.165, 1.54) is 32.4 Å². The molecule has 0 radical (unpaired) electrons. The first-order valence-electron chi connectivity index (χ1n) is 10.8. The summed E-state index contributed by atoms with van der Waals surface area (Å²) in [5, 5.41) is 17.8. The van der Waals surface area contributed by atoms with Gasteiger partial charge in [-0.05, 0) is 76.1 Å². The van der Waals surface area contributed by atoms with Crippen LogP contribution < -0.4 is 10.1 Å². The summed E-state index contributed by atoms with van der Waals surface area (Å²) in [5.41, 5.74) is 0.450. The minimum Gasteiger partial charge on any atom is -0.494 e. The van der Waals surface area contributed by atoms with Crippen molar-refractivity contribution in [1.82, 2.24) is 10.2 Å². The highest BCUT2D eigenvalue weighted by atomic mass is 16.5. The first-order valence-corrected chi connectivity index (χ1v) is 10.8. The molecule has 8 heteroatoms. The van der Waals surface area contributed by atoms with E-state index in [-0.39, 0.29) is 11.4 Å². The van der Waals surface area contributed by atoms with E-state index in [2.05, 4.69) is 10.2 Å². The summed E-state index contributed by atoms with van der Waals surface area (Å²) in [6.07, 6.45) is 5.38. The fraction of sp³-hybridized carbons (Fsp3) is 0.609. The number of nitrogens with zero attached hydrogens (tertiary/aromatic N) is 1. The van der Waals surface area contributed by atoms with Crippen LogP contribution in [0, 0.1) is 11.8 Å². The lowest BCUT2D eigenvalue weighted by molar-refractivity contribution is -0.159. The van der Waals surface area contributed by atoms with Gasteiger partial charge in [0, 0.05) is 30.7 Å². The molecule has 0 spiro atoms. The van der Waals surface area contributed by atoms with Gasteiger partial charge in [0.25, 0.3) is 5.91 Å². The lowest BCUT2D eigenvalue weighted by atomic mass is 10.0. The maximum atomic E-state index is 12.1. The van der Waals surface area contributed by atoms with Crippen molar-refractivity contribution in [2.24, 2.45) is 11.8 Å². The molecule has 2 aliphatic rings. The Bertz CT molecular complexity index is 732. The lowest BCUT2D eigenvalue weighted by Gasteiger charge is -2.20. The van der Waals surface area contributed by atoms with Gasteiger partial charge in [-0.25, -0.2) is 9.59 Å². The first kappa shape index (κ1) is 24.7. The van der Waals surface area contributed by atoms with Crippen molar-refractivity contribution in [2.75, 3.05) is 26.2 Å². The van der Waals surface area contributed by atoms with E-state index in [1.807, 2.05) is 45.0 Å². The van der Waals surface area contributed by atoms with Crippen molar-refractivity contribution in [1.29, 1.82) is 0 Å². The minimum atomic E-state index is -1.82. The molecule has 1 saturated heterocycles. The first-order chi connectivity index (χ1) is 14.5. The van der Waals surface area contributed by atoms with Crippen LogP contribution in [0.4, 0.5) is 0 Å². The van der Waals surface area contributed by atoms with Gasteiger partial charge in [0.1, 0.15) is 5.75 Å². The largest absolute Gasteiger partial charge is 0.494 e. The molecular weight excluding hydrogens is 400 g/mol. The smallest absolute Gasteiger partial charge is 0.414 e. The number of carboxylic acids is 2. The van der Waals surface area contributed by atoms with Crippen molar-refractivity contribution < 1.29 is 29.3 Å². The average molecular weight is 435 g/mol. The Kier molecular flexibility index (Phi) is 8.86. The van der Waals surface area contributed by atoms with Crippen LogP contribution >= 0.6 is 0 Å². The normalized spacial score (nSPS) is 20.4. The van der Waals surface area contributed by atoms with E-state index in [0.717, 1.165) is 37.2 Å². The maximum absolute atomic E-state index is 12.1. The van der Waals surface area contributed by atoms with Crippen molar-refractivity contribution in [2.45, 2.75) is 52.0 Å². The highest BCUT2D eigenvalue weighted by Crippen LogP contribution is 2.37. The van der Waals surface area contributed by atoms with Crippen LogP contribution in [0.3, 0.4) is 0 Å². The van der Waals surface area contributed by atoms with Gasteiger partial charge in [-0.3, -0.25) is 4.79 Å². The molecule has 2 unspecified atom stereocenters. The molecule has 0 aromatic heterocycles. The molecule has 1 aromatic rings. The molecule has 172 valence electrons. The van der Waals surface area contributed by atoms with E-state index >= 15 is 0 Å². The van der Waals surface area contributed by atoms with Crippen molar-refractivity contribution in [3.63, 3.8) is 0 Å². The second kappa shape index (κ2) is 11.1. The predicted octanol–water partition coefficient (Wildman–Crippen LogP) is 2.87. The lowest BCUT2D eigenvalue weighted by Crippen LogP contribution is -2.40. The summed E-state index contributed by atoms with van der Waals surface area (Å²) < 4.78 is 5.84. The van der Waals surface area contributed by atoms with E-state index < -0.39 is 11.9 Å². The number of amides is 1. The minimum absolute atomic E-state index is 0.0429. The van der Waals surface area contributed by atoms with Crippen LogP contribution in [-0.2, 0) is 9.59 Å². The third-order valence-electron chi connectivity index (χ3n) is 5.48. The molecule has 3 rings (SSSR count). The number of likely N-dealkylation sites (tertiary alicyclic amines) is 1. The molecule has 0 bridgehead atoms. The fourth-order valence-corrected chi connectivity index (χ4v) is 4.11. The van der Waals surface area contributed by atoms with Gasteiger partial charge in [-0.1, -0.05) is 6.42 Å². The number of hydrogen-bond acceptors (Lipinski definition) is 5. The van der Waals surface area contributed by atoms with Crippen molar-refractivity contribution in [3.8, 4) is 5.75 Å². The number of nitrogens with one attached hydrogen (secondary N) is 1. The number of ether oxygens (including phenoxy) is 1. The highest BCUT2D eigenvalue weighted by Gasteiger charge is 2.35. The summed E-state index contributed by atoms with van der Waals surface area (Å²) in [6, 6.07) is 7.44. The average Bonchev–Trinajstić information content (AvgIpc) is 3.26. The van der Waals surface area contributed by atoms with Crippen LogP contribution in [0.1, 0.15) is 56.8 Å². The molecule has 1 aliphatic heterocycles. The number of benzene rings is 1. The van der Waals surface area contributed by atoms with Gasteiger partial charge >= 0.3 is 11.9 Å². The third-order valence-corrected chi connectivity index (χ3v) is 5.48. The highest BCUT2D eigenvalue weighted by molar-refractivity contribution is 6.27. The Labute approximate surface area is 183 Å². The van der Waals surface area contributed by atoms with Gasteiger partial charge in [0.05, 0.1) is 6.61 Å². The monoisotopic (exact) mass is 434 g/mol. The predicted molar refractivity (Wildman–Crippen MR) is 116 cm³/mol. The topological polar surface area (TPSA) is 116 Å². The molecule has 1 aromatic carbocycles. The molecular formula is C23H34N2O6. The standard InChI is InChI=1S/C21H32N2O2.C2H2O4/c1-21(2,3)22-20(24)16-8-10-19(11-9-16)25-13-5-12-23-14-17-6-4-7-18(17)15-23;3-1(4)2(5)6/h8-11,17-18H,4-7,12-15H2,1-3H3,(H,22,24);(H,3,4)(H,5,6). The SMILES string of the molecule is CC(C)(C)NC(=O)c1ccc(OCCCN2CC3CCCC3C2)cc1.O=C(O)C(=O)O. The zero-order valence-corrected chi connectivity index (χ0v) is 18.6. The number of fused-ring (bicyclic) bond motifs is 1. The summed E-state index contributed by atoms with van der Waals surface area (Å²) in [4.78, 5) is 32.9. The van der Waals surface area contributed by atoms with Gasteiger partial charge in [0.2, 0.25) is 0 Å². The number of hydrogen-bond donors (Lipinski definition) is 3. The molecule has 8 nitrogen and oxygen atoms in total. The van der Waals surface area contributed by atoms with Crippen molar-refractivity contribution in [3.05, 3.63) is 29.8 Å². The van der Waals surface area contributed by atoms with E-state index in [0.29, 0.717) is 5.56 Å². The summed E-state index contributed by atoms with van der Waals surface area (Å²) in [7, 11) is 0. The maximum Gasteiger partial charge on any atom is 0.414 e. The quantitative estimate of drug-likeness (QED) is 0.466. The van der Waals surface area contributed by atoms with Gasteiger partial charge < -0.3 is 25.2 Å². The third kappa shape index (κ3) is 8.57. The Morgan fingerprint density at radius 2 is 1.58 bits per heavy atom. The van der Waals surface area contributed by atoms with E-state index in [4.69, 9.17) is 24.5 Å².